The van der Waals surface area contributed by atoms with E-state index < -0.39 is 0 Å². The van der Waals surface area contributed by atoms with Gasteiger partial charge in [-0.3, -0.25) is 0 Å². The second-order valence-electron chi connectivity index (χ2n) is 5.30. The Kier molecular flexibility index (Phi) is 4.37. The smallest absolute Gasteiger partial charge is 0.0295 e. The van der Waals surface area contributed by atoms with Crippen LogP contribution in [0.3, 0.4) is 0 Å². The van der Waals surface area contributed by atoms with E-state index in [0.717, 1.165) is 11.0 Å². The molecule has 0 aliphatic heterocycles. The fourth-order valence-corrected chi connectivity index (χ4v) is 3.02. The molecule has 0 heterocycles. The maximum absolute atomic E-state index is 3.61. The molecule has 0 saturated heterocycles. The average molecular weight is 340 g/mol. The van der Waals surface area contributed by atoms with E-state index in [-0.39, 0.29) is 0 Å². The normalized spacial score (nSPS) is 12.5. The van der Waals surface area contributed by atoms with Crippen molar-refractivity contribution in [3.05, 3.63) is 82.3 Å². The lowest BCUT2D eigenvalue weighted by Crippen LogP contribution is -2.18. The fraction of sp³-hybridized carbons (Fsp3) is 0.158. The van der Waals surface area contributed by atoms with Gasteiger partial charge in [-0.15, -0.1) is 0 Å². The minimum Gasteiger partial charge on any atom is -0.306 e. The molecule has 0 saturated carbocycles. The Balaban J connectivity index is 1.77. The van der Waals surface area contributed by atoms with Gasteiger partial charge in [-0.25, -0.2) is 0 Å². The summed E-state index contributed by atoms with van der Waals surface area (Å²) in [7, 11) is 0. The summed E-state index contributed by atoms with van der Waals surface area (Å²) in [6, 6.07) is 23.8. The van der Waals surface area contributed by atoms with Crippen LogP contribution in [-0.4, -0.2) is 0 Å². The van der Waals surface area contributed by atoms with Crippen LogP contribution in [0.5, 0.6) is 0 Å². The van der Waals surface area contributed by atoms with Crippen LogP contribution in [0.1, 0.15) is 24.1 Å². The highest BCUT2D eigenvalue weighted by atomic mass is 79.9. The van der Waals surface area contributed by atoms with Gasteiger partial charge in [0.2, 0.25) is 0 Å². The van der Waals surface area contributed by atoms with Crippen molar-refractivity contribution < 1.29 is 0 Å². The van der Waals surface area contributed by atoms with Gasteiger partial charge in [-0.05, 0) is 41.0 Å². The lowest BCUT2D eigenvalue weighted by molar-refractivity contribution is 0.576. The molecule has 1 nitrogen and oxygen atoms in total. The largest absolute Gasteiger partial charge is 0.306 e. The lowest BCUT2D eigenvalue weighted by atomic mass is 10.0. The summed E-state index contributed by atoms with van der Waals surface area (Å²) in [5.74, 6) is 0. The zero-order valence-electron chi connectivity index (χ0n) is 12.0. The van der Waals surface area contributed by atoms with Crippen LogP contribution >= 0.6 is 15.9 Å². The molecule has 3 aromatic carbocycles. The minimum atomic E-state index is 0.321. The van der Waals surface area contributed by atoms with Crippen molar-refractivity contribution in [1.29, 1.82) is 0 Å². The maximum Gasteiger partial charge on any atom is 0.0295 e. The van der Waals surface area contributed by atoms with Gasteiger partial charge in [0, 0.05) is 17.1 Å². The first kappa shape index (κ1) is 14.3. The van der Waals surface area contributed by atoms with Crippen LogP contribution in [0.2, 0.25) is 0 Å². The summed E-state index contributed by atoms with van der Waals surface area (Å²) < 4.78 is 1.12. The molecular weight excluding hydrogens is 322 g/mol. The second-order valence-corrected chi connectivity index (χ2v) is 6.21. The summed E-state index contributed by atoms with van der Waals surface area (Å²) in [4.78, 5) is 0. The molecule has 0 radical (unpaired) electrons. The monoisotopic (exact) mass is 339 g/mol. The van der Waals surface area contributed by atoms with Crippen LogP contribution < -0.4 is 5.32 Å². The molecule has 2 heteroatoms. The van der Waals surface area contributed by atoms with Gasteiger partial charge in [-0.1, -0.05) is 70.5 Å². The van der Waals surface area contributed by atoms with Crippen LogP contribution in [0.15, 0.2) is 71.2 Å². The molecule has 0 aliphatic rings. The van der Waals surface area contributed by atoms with Crippen LogP contribution in [0, 0.1) is 0 Å². The average Bonchev–Trinajstić information content (AvgIpc) is 2.52. The summed E-state index contributed by atoms with van der Waals surface area (Å²) in [5, 5.41) is 6.24. The topological polar surface area (TPSA) is 12.0 Å². The molecule has 0 bridgehead atoms. The Morgan fingerprint density at radius 2 is 1.71 bits per heavy atom. The molecule has 0 aromatic heterocycles. The van der Waals surface area contributed by atoms with Crippen LogP contribution in [0.25, 0.3) is 10.8 Å². The van der Waals surface area contributed by atoms with Gasteiger partial charge in [0.15, 0.2) is 0 Å². The zero-order valence-corrected chi connectivity index (χ0v) is 13.6. The number of hydrogen-bond donors (Lipinski definition) is 1. The minimum absolute atomic E-state index is 0.321. The van der Waals surface area contributed by atoms with E-state index in [1.165, 1.54) is 21.9 Å². The van der Waals surface area contributed by atoms with Crippen molar-refractivity contribution in [1.82, 2.24) is 5.32 Å². The number of hydrogen-bond acceptors (Lipinski definition) is 1. The van der Waals surface area contributed by atoms with E-state index in [9.17, 15) is 0 Å². The third kappa shape index (κ3) is 3.34. The Morgan fingerprint density at radius 3 is 2.57 bits per heavy atom. The van der Waals surface area contributed by atoms with Crippen molar-refractivity contribution in [2.75, 3.05) is 0 Å². The zero-order chi connectivity index (χ0) is 14.7. The number of nitrogens with one attached hydrogen (secondary N) is 1. The first-order chi connectivity index (χ1) is 10.2. The van der Waals surface area contributed by atoms with Crippen LogP contribution in [-0.2, 0) is 6.54 Å². The number of halogens is 1. The van der Waals surface area contributed by atoms with Gasteiger partial charge < -0.3 is 5.32 Å². The molecule has 3 rings (SSSR count). The SMILES string of the molecule is C[C@@H](NCc1cccc2ccccc12)c1cccc(Br)c1. The van der Waals surface area contributed by atoms with Crippen molar-refractivity contribution in [3.63, 3.8) is 0 Å². The molecule has 106 valence electrons. The summed E-state index contributed by atoms with van der Waals surface area (Å²) in [6.45, 7) is 3.07. The Hall–Kier alpha value is -1.64. The van der Waals surface area contributed by atoms with Gasteiger partial charge >= 0.3 is 0 Å². The predicted octanol–water partition coefficient (Wildman–Crippen LogP) is 5.45. The molecule has 0 unspecified atom stereocenters. The highest BCUT2D eigenvalue weighted by Crippen LogP contribution is 2.21. The van der Waals surface area contributed by atoms with E-state index in [1.54, 1.807) is 0 Å². The van der Waals surface area contributed by atoms with E-state index in [1.807, 2.05) is 0 Å². The number of benzene rings is 3. The maximum atomic E-state index is 3.61. The first-order valence-corrected chi connectivity index (χ1v) is 7.99. The third-order valence-electron chi connectivity index (χ3n) is 3.83. The predicted molar refractivity (Wildman–Crippen MR) is 93.3 cm³/mol. The van der Waals surface area contributed by atoms with Crippen molar-refractivity contribution in [3.8, 4) is 0 Å². The van der Waals surface area contributed by atoms with Crippen molar-refractivity contribution in [2.24, 2.45) is 0 Å². The van der Waals surface area contributed by atoms with E-state index in [4.69, 9.17) is 0 Å². The fourth-order valence-electron chi connectivity index (χ4n) is 2.60. The molecule has 3 aromatic rings. The van der Waals surface area contributed by atoms with E-state index >= 15 is 0 Å². The highest BCUT2D eigenvalue weighted by Gasteiger charge is 2.06. The molecule has 1 N–H and O–H groups in total. The number of rotatable bonds is 4. The van der Waals surface area contributed by atoms with E-state index in [0.29, 0.717) is 6.04 Å². The molecule has 1 atom stereocenters. The Bertz CT molecular complexity index is 746. The summed E-state index contributed by atoms with van der Waals surface area (Å²) in [6.07, 6.45) is 0. The molecule has 0 spiro atoms. The van der Waals surface area contributed by atoms with E-state index in [2.05, 4.69) is 94.9 Å². The van der Waals surface area contributed by atoms with Gasteiger partial charge in [0.25, 0.3) is 0 Å². The molecule has 21 heavy (non-hydrogen) atoms. The lowest BCUT2D eigenvalue weighted by Gasteiger charge is -2.15. The first-order valence-electron chi connectivity index (χ1n) is 7.19. The van der Waals surface area contributed by atoms with Gasteiger partial charge in [0.05, 0.1) is 0 Å². The Morgan fingerprint density at radius 1 is 0.952 bits per heavy atom. The molecule has 0 aliphatic carbocycles. The van der Waals surface area contributed by atoms with Crippen molar-refractivity contribution >= 4 is 26.7 Å². The van der Waals surface area contributed by atoms with Gasteiger partial charge in [0.1, 0.15) is 0 Å². The summed E-state index contributed by atoms with van der Waals surface area (Å²) >= 11 is 3.53. The quantitative estimate of drug-likeness (QED) is 0.666. The third-order valence-corrected chi connectivity index (χ3v) is 4.32. The standard InChI is InChI=1S/C19H18BrN/c1-14(16-8-5-10-18(20)12-16)21-13-17-9-4-7-15-6-2-3-11-19(15)17/h2-12,14,21H,13H2,1H3/t14-/m1/s1. The second kappa shape index (κ2) is 6.42. The molecular formula is C19H18BrN. The van der Waals surface area contributed by atoms with Gasteiger partial charge in [-0.2, -0.15) is 0 Å². The number of fused-ring (bicyclic) bond motifs is 1. The molecule has 0 fully saturated rings. The Labute approximate surface area is 134 Å². The highest BCUT2D eigenvalue weighted by molar-refractivity contribution is 9.10. The van der Waals surface area contributed by atoms with Crippen LogP contribution in [0.4, 0.5) is 0 Å². The summed E-state index contributed by atoms with van der Waals surface area (Å²) in [5.41, 5.74) is 2.64. The van der Waals surface area contributed by atoms with Crippen molar-refractivity contribution in [2.45, 2.75) is 19.5 Å². The molecule has 0 amide bonds.